The van der Waals surface area contributed by atoms with Crippen molar-refractivity contribution in [3.05, 3.63) is 24.0 Å². The molecule has 0 aliphatic rings. The summed E-state index contributed by atoms with van der Waals surface area (Å²) >= 11 is 0. The first-order chi connectivity index (χ1) is 8.19. The smallest absolute Gasteiger partial charge is 0.0564 e. The zero-order valence-corrected chi connectivity index (χ0v) is 11.5. The van der Waals surface area contributed by atoms with Gasteiger partial charge in [0.25, 0.3) is 0 Å². The Morgan fingerprint density at radius 2 is 2.18 bits per heavy atom. The van der Waals surface area contributed by atoms with E-state index < -0.39 is 0 Å². The van der Waals surface area contributed by atoms with Gasteiger partial charge in [-0.2, -0.15) is 0 Å². The summed E-state index contributed by atoms with van der Waals surface area (Å²) in [5, 5.41) is 3.15. The van der Waals surface area contributed by atoms with Crippen LogP contribution in [0, 0.1) is 5.92 Å². The molecule has 3 heteroatoms. The molecule has 96 valence electrons. The van der Waals surface area contributed by atoms with E-state index in [1.807, 2.05) is 19.3 Å². The summed E-state index contributed by atoms with van der Waals surface area (Å²) in [5.74, 6) is 0.752. The molecule has 1 aromatic heterocycles. The summed E-state index contributed by atoms with van der Waals surface area (Å²) < 4.78 is 0. The van der Waals surface area contributed by atoms with Gasteiger partial charge in [-0.3, -0.25) is 9.88 Å². The number of rotatable bonds is 7. The molecule has 1 heterocycles. The largest absolute Gasteiger partial charge is 0.388 e. The molecule has 0 spiro atoms. The van der Waals surface area contributed by atoms with Gasteiger partial charge in [0.1, 0.15) is 0 Å². The molecule has 3 nitrogen and oxygen atoms in total. The van der Waals surface area contributed by atoms with Crippen LogP contribution in [-0.2, 0) is 6.54 Å². The van der Waals surface area contributed by atoms with E-state index >= 15 is 0 Å². The SMILES string of the molecule is CCC(C)CN(CC)Cc1cc(NC)ccn1. The highest BCUT2D eigenvalue weighted by atomic mass is 15.1. The van der Waals surface area contributed by atoms with Crippen LogP contribution in [0.5, 0.6) is 0 Å². The highest BCUT2D eigenvalue weighted by Crippen LogP contribution is 2.11. The molecule has 1 aromatic rings. The van der Waals surface area contributed by atoms with E-state index in [0.29, 0.717) is 0 Å². The lowest BCUT2D eigenvalue weighted by atomic mass is 10.1. The van der Waals surface area contributed by atoms with E-state index in [1.54, 1.807) is 0 Å². The predicted octanol–water partition coefficient (Wildman–Crippen LogP) is 2.99. The number of nitrogens with one attached hydrogen (secondary N) is 1. The Hall–Kier alpha value is -1.09. The van der Waals surface area contributed by atoms with Gasteiger partial charge in [0.15, 0.2) is 0 Å². The Kier molecular flexibility index (Phi) is 5.98. The topological polar surface area (TPSA) is 28.2 Å². The van der Waals surface area contributed by atoms with Gasteiger partial charge >= 0.3 is 0 Å². The molecule has 1 rings (SSSR count). The fourth-order valence-electron chi connectivity index (χ4n) is 1.82. The third kappa shape index (κ3) is 4.73. The molecule has 0 aliphatic carbocycles. The fraction of sp³-hybridized carbons (Fsp3) is 0.643. The first kappa shape index (κ1) is 14.0. The number of hydrogen-bond acceptors (Lipinski definition) is 3. The fourth-order valence-corrected chi connectivity index (χ4v) is 1.82. The minimum Gasteiger partial charge on any atom is -0.388 e. The van der Waals surface area contributed by atoms with Crippen LogP contribution in [0.2, 0.25) is 0 Å². The lowest BCUT2D eigenvalue weighted by molar-refractivity contribution is 0.235. The Morgan fingerprint density at radius 3 is 2.76 bits per heavy atom. The minimum absolute atomic E-state index is 0.752. The van der Waals surface area contributed by atoms with Gasteiger partial charge < -0.3 is 5.32 Å². The number of pyridine rings is 1. The quantitative estimate of drug-likeness (QED) is 0.787. The second kappa shape index (κ2) is 7.28. The van der Waals surface area contributed by atoms with Crippen molar-refractivity contribution in [1.82, 2.24) is 9.88 Å². The van der Waals surface area contributed by atoms with Crippen molar-refractivity contribution >= 4 is 5.69 Å². The van der Waals surface area contributed by atoms with E-state index in [4.69, 9.17) is 0 Å². The molecule has 0 aromatic carbocycles. The Balaban J connectivity index is 2.60. The zero-order valence-electron chi connectivity index (χ0n) is 11.5. The molecular weight excluding hydrogens is 210 g/mol. The van der Waals surface area contributed by atoms with Crippen LogP contribution in [0.25, 0.3) is 0 Å². The van der Waals surface area contributed by atoms with Gasteiger partial charge in [-0.1, -0.05) is 27.2 Å². The van der Waals surface area contributed by atoms with Crippen LogP contribution >= 0.6 is 0 Å². The monoisotopic (exact) mass is 235 g/mol. The standard InChI is InChI=1S/C14H25N3/c1-5-12(3)10-17(6-2)11-14-9-13(15-4)7-8-16-14/h7-9,12H,5-6,10-11H2,1-4H3,(H,15,16). The number of aromatic nitrogens is 1. The maximum absolute atomic E-state index is 4.43. The van der Waals surface area contributed by atoms with Crippen LogP contribution in [0.1, 0.15) is 32.9 Å². The lowest BCUT2D eigenvalue weighted by Gasteiger charge is -2.23. The maximum Gasteiger partial charge on any atom is 0.0564 e. The molecule has 1 N–H and O–H groups in total. The van der Waals surface area contributed by atoms with Crippen LogP contribution in [0.4, 0.5) is 5.69 Å². The van der Waals surface area contributed by atoms with Crippen LogP contribution in [0.15, 0.2) is 18.3 Å². The van der Waals surface area contributed by atoms with E-state index in [1.165, 1.54) is 6.42 Å². The van der Waals surface area contributed by atoms with Crippen molar-refractivity contribution in [1.29, 1.82) is 0 Å². The summed E-state index contributed by atoms with van der Waals surface area (Å²) in [6, 6.07) is 4.12. The van der Waals surface area contributed by atoms with Crippen LogP contribution in [-0.4, -0.2) is 30.0 Å². The molecule has 0 fully saturated rings. The maximum atomic E-state index is 4.43. The molecule has 0 bridgehead atoms. The predicted molar refractivity (Wildman–Crippen MR) is 74.2 cm³/mol. The summed E-state index contributed by atoms with van der Waals surface area (Å²) in [4.78, 5) is 6.88. The molecule has 0 saturated carbocycles. The van der Waals surface area contributed by atoms with Crippen LogP contribution < -0.4 is 5.32 Å². The summed E-state index contributed by atoms with van der Waals surface area (Å²) in [5.41, 5.74) is 2.27. The Labute approximate surface area is 105 Å². The molecule has 0 saturated heterocycles. The van der Waals surface area contributed by atoms with Crippen molar-refractivity contribution in [2.75, 3.05) is 25.5 Å². The average molecular weight is 235 g/mol. The number of hydrogen-bond donors (Lipinski definition) is 1. The Bertz CT molecular complexity index is 325. The normalized spacial score (nSPS) is 12.8. The first-order valence-electron chi connectivity index (χ1n) is 6.54. The van der Waals surface area contributed by atoms with E-state index in [0.717, 1.165) is 36.9 Å². The van der Waals surface area contributed by atoms with Gasteiger partial charge in [-0.15, -0.1) is 0 Å². The van der Waals surface area contributed by atoms with E-state index in [-0.39, 0.29) is 0 Å². The number of nitrogens with zero attached hydrogens (tertiary/aromatic N) is 2. The second-order valence-electron chi connectivity index (χ2n) is 4.63. The van der Waals surface area contributed by atoms with E-state index in [2.05, 4.69) is 42.0 Å². The summed E-state index contributed by atoms with van der Waals surface area (Å²) in [6.45, 7) is 9.94. The minimum atomic E-state index is 0.752. The van der Waals surface area contributed by atoms with Crippen molar-refractivity contribution in [2.24, 2.45) is 5.92 Å². The first-order valence-corrected chi connectivity index (χ1v) is 6.54. The Morgan fingerprint density at radius 1 is 1.41 bits per heavy atom. The zero-order chi connectivity index (χ0) is 12.7. The highest BCUT2D eigenvalue weighted by Gasteiger charge is 2.08. The molecule has 0 aliphatic heterocycles. The lowest BCUT2D eigenvalue weighted by Crippen LogP contribution is -2.28. The van der Waals surface area contributed by atoms with Gasteiger partial charge in [0.05, 0.1) is 5.69 Å². The second-order valence-corrected chi connectivity index (χ2v) is 4.63. The van der Waals surface area contributed by atoms with Gasteiger partial charge in [-0.05, 0) is 24.6 Å². The van der Waals surface area contributed by atoms with Crippen molar-refractivity contribution in [2.45, 2.75) is 33.7 Å². The summed E-state index contributed by atoms with van der Waals surface area (Å²) in [6.07, 6.45) is 3.11. The van der Waals surface area contributed by atoms with Crippen molar-refractivity contribution in [3.8, 4) is 0 Å². The third-order valence-electron chi connectivity index (χ3n) is 3.20. The molecule has 1 atom stereocenters. The molecule has 17 heavy (non-hydrogen) atoms. The van der Waals surface area contributed by atoms with Gasteiger partial charge in [-0.25, -0.2) is 0 Å². The van der Waals surface area contributed by atoms with Crippen molar-refractivity contribution in [3.63, 3.8) is 0 Å². The molecule has 0 amide bonds. The van der Waals surface area contributed by atoms with E-state index in [9.17, 15) is 0 Å². The average Bonchev–Trinajstić information content (AvgIpc) is 2.37. The highest BCUT2D eigenvalue weighted by molar-refractivity contribution is 5.42. The van der Waals surface area contributed by atoms with Crippen molar-refractivity contribution < 1.29 is 0 Å². The molecular formula is C14H25N3. The van der Waals surface area contributed by atoms with Gasteiger partial charge in [0, 0.05) is 32.0 Å². The van der Waals surface area contributed by atoms with Gasteiger partial charge in [0.2, 0.25) is 0 Å². The van der Waals surface area contributed by atoms with Crippen LogP contribution in [0.3, 0.4) is 0 Å². The molecule has 0 radical (unpaired) electrons. The summed E-state index contributed by atoms with van der Waals surface area (Å²) in [7, 11) is 1.94. The third-order valence-corrected chi connectivity index (χ3v) is 3.20. The molecule has 1 unspecified atom stereocenters. The number of anilines is 1.